The molecule has 1 heterocycles. The van der Waals surface area contributed by atoms with Crippen molar-refractivity contribution >= 4 is 5.82 Å². The average Bonchev–Trinajstić information content (AvgIpc) is 2.92. The first-order valence-corrected chi connectivity index (χ1v) is 6.01. The minimum absolute atomic E-state index is 0.678. The highest BCUT2D eigenvalue weighted by atomic mass is 15.2. The Bertz CT molecular complexity index is 366. The van der Waals surface area contributed by atoms with Crippen LogP contribution in [0.2, 0.25) is 0 Å². The molecule has 1 aromatic heterocycles. The molecule has 0 atom stereocenters. The molecule has 2 saturated carbocycles. The number of anilines is 1. The van der Waals surface area contributed by atoms with Crippen LogP contribution in [0, 0.1) is 12.3 Å². The van der Waals surface area contributed by atoms with Crippen LogP contribution in [0.5, 0.6) is 0 Å². The fourth-order valence-electron chi connectivity index (χ4n) is 3.02. The van der Waals surface area contributed by atoms with Crippen molar-refractivity contribution < 1.29 is 0 Å². The maximum absolute atomic E-state index is 5.77. The van der Waals surface area contributed by atoms with Gasteiger partial charge in [-0.3, -0.25) is 5.10 Å². The van der Waals surface area contributed by atoms with Gasteiger partial charge in [0, 0.05) is 17.2 Å². The molecule has 82 valence electrons. The summed E-state index contributed by atoms with van der Waals surface area (Å²) in [4.78, 5) is 0. The zero-order valence-electron chi connectivity index (χ0n) is 9.34. The van der Waals surface area contributed by atoms with E-state index in [2.05, 4.69) is 17.1 Å². The fourth-order valence-corrected chi connectivity index (χ4v) is 3.02. The van der Waals surface area contributed by atoms with Crippen LogP contribution in [0.25, 0.3) is 0 Å². The van der Waals surface area contributed by atoms with Gasteiger partial charge in [-0.25, -0.2) is 0 Å². The summed E-state index contributed by atoms with van der Waals surface area (Å²) in [6.07, 6.45) is 8.42. The van der Waals surface area contributed by atoms with Crippen LogP contribution in [0.4, 0.5) is 5.82 Å². The van der Waals surface area contributed by atoms with Gasteiger partial charge >= 0.3 is 0 Å². The molecule has 0 aromatic carbocycles. The first-order valence-electron chi connectivity index (χ1n) is 6.01. The van der Waals surface area contributed by atoms with Crippen molar-refractivity contribution in [3.05, 3.63) is 11.3 Å². The number of H-pyrrole nitrogens is 1. The molecule has 3 rings (SSSR count). The van der Waals surface area contributed by atoms with Crippen LogP contribution in [0.15, 0.2) is 0 Å². The molecule has 3 nitrogen and oxygen atoms in total. The van der Waals surface area contributed by atoms with Crippen molar-refractivity contribution in [1.29, 1.82) is 0 Å². The smallest absolute Gasteiger partial charge is 0.148 e. The molecule has 0 unspecified atom stereocenters. The third-order valence-electron chi connectivity index (χ3n) is 4.50. The minimum atomic E-state index is 0.678. The van der Waals surface area contributed by atoms with E-state index in [1.54, 1.807) is 0 Å². The topological polar surface area (TPSA) is 54.7 Å². The highest BCUT2D eigenvalue weighted by Crippen LogP contribution is 2.58. The van der Waals surface area contributed by atoms with E-state index in [1.807, 2.05) is 0 Å². The van der Waals surface area contributed by atoms with E-state index in [4.69, 9.17) is 5.73 Å². The van der Waals surface area contributed by atoms with Crippen molar-refractivity contribution in [1.82, 2.24) is 10.2 Å². The number of aromatic nitrogens is 2. The zero-order chi connectivity index (χ0) is 10.5. The second kappa shape index (κ2) is 3.00. The number of nitrogens with zero attached hydrogens (tertiary/aromatic N) is 1. The Hall–Kier alpha value is -0.990. The number of hydrogen-bond acceptors (Lipinski definition) is 2. The standard InChI is InChI=1S/C12H19N3/c1-8-10(14-15-11(8)13)9-2-4-12(5-3-9)6-7-12/h9H,2-7H2,1H3,(H3,13,14,15). The number of nitrogens with one attached hydrogen (secondary N) is 1. The lowest BCUT2D eigenvalue weighted by atomic mass is 9.78. The van der Waals surface area contributed by atoms with Crippen molar-refractivity contribution in [3.63, 3.8) is 0 Å². The van der Waals surface area contributed by atoms with Gasteiger partial charge in [0.05, 0.1) is 0 Å². The minimum Gasteiger partial charge on any atom is -0.382 e. The van der Waals surface area contributed by atoms with E-state index >= 15 is 0 Å². The molecule has 1 aromatic rings. The Morgan fingerprint density at radius 2 is 1.93 bits per heavy atom. The third kappa shape index (κ3) is 1.45. The number of nitrogens with two attached hydrogens (primary N) is 1. The quantitative estimate of drug-likeness (QED) is 0.740. The molecule has 0 bridgehead atoms. The van der Waals surface area contributed by atoms with Crippen LogP contribution < -0.4 is 5.73 Å². The van der Waals surface area contributed by atoms with Gasteiger partial charge in [0.2, 0.25) is 0 Å². The first-order chi connectivity index (χ1) is 7.20. The van der Waals surface area contributed by atoms with Crippen molar-refractivity contribution in [3.8, 4) is 0 Å². The monoisotopic (exact) mass is 205 g/mol. The van der Waals surface area contributed by atoms with Crippen LogP contribution in [-0.4, -0.2) is 10.2 Å². The van der Waals surface area contributed by atoms with E-state index in [1.165, 1.54) is 49.8 Å². The molecule has 0 saturated heterocycles. The van der Waals surface area contributed by atoms with Crippen molar-refractivity contribution in [2.75, 3.05) is 5.73 Å². The summed E-state index contributed by atoms with van der Waals surface area (Å²) >= 11 is 0. The van der Waals surface area contributed by atoms with Gasteiger partial charge < -0.3 is 5.73 Å². The second-order valence-corrected chi connectivity index (χ2v) is 5.42. The van der Waals surface area contributed by atoms with Crippen LogP contribution in [0.1, 0.15) is 55.7 Å². The normalized spacial score (nSPS) is 24.6. The molecule has 2 aliphatic rings. The number of hydrogen-bond donors (Lipinski definition) is 2. The lowest BCUT2D eigenvalue weighted by Gasteiger charge is -2.28. The highest BCUT2D eigenvalue weighted by Gasteiger charge is 2.45. The van der Waals surface area contributed by atoms with Crippen LogP contribution >= 0.6 is 0 Å². The number of nitrogen functional groups attached to an aromatic ring is 1. The summed E-state index contributed by atoms with van der Waals surface area (Å²) in [5.74, 6) is 1.36. The van der Waals surface area contributed by atoms with Gasteiger partial charge in [0.25, 0.3) is 0 Å². The molecule has 0 radical (unpaired) electrons. The summed E-state index contributed by atoms with van der Waals surface area (Å²) in [6.45, 7) is 2.08. The van der Waals surface area contributed by atoms with Gasteiger partial charge in [-0.15, -0.1) is 0 Å². The van der Waals surface area contributed by atoms with Gasteiger partial charge in [-0.05, 0) is 50.9 Å². The fraction of sp³-hybridized carbons (Fsp3) is 0.750. The Labute approximate surface area is 90.4 Å². The molecule has 3 N–H and O–H groups in total. The van der Waals surface area contributed by atoms with Crippen molar-refractivity contribution in [2.24, 2.45) is 5.41 Å². The third-order valence-corrected chi connectivity index (χ3v) is 4.50. The zero-order valence-corrected chi connectivity index (χ0v) is 9.34. The Kier molecular flexibility index (Phi) is 1.85. The van der Waals surface area contributed by atoms with E-state index in [-0.39, 0.29) is 0 Å². The molecular formula is C12H19N3. The predicted octanol–water partition coefficient (Wildman–Crippen LogP) is 2.74. The summed E-state index contributed by atoms with van der Waals surface area (Å²) in [5, 5.41) is 7.21. The molecule has 1 spiro atoms. The first kappa shape index (κ1) is 9.25. The lowest BCUT2D eigenvalue weighted by molar-refractivity contribution is 0.302. The van der Waals surface area contributed by atoms with Gasteiger partial charge in [0.1, 0.15) is 5.82 Å². The van der Waals surface area contributed by atoms with Crippen LogP contribution in [-0.2, 0) is 0 Å². The Morgan fingerprint density at radius 1 is 1.27 bits per heavy atom. The summed E-state index contributed by atoms with van der Waals surface area (Å²) < 4.78 is 0. The second-order valence-electron chi connectivity index (χ2n) is 5.42. The molecule has 0 aliphatic heterocycles. The predicted molar refractivity (Wildman–Crippen MR) is 60.6 cm³/mol. The molecule has 2 aliphatic carbocycles. The highest BCUT2D eigenvalue weighted by molar-refractivity contribution is 5.42. The maximum atomic E-state index is 5.77. The van der Waals surface area contributed by atoms with E-state index in [9.17, 15) is 0 Å². The largest absolute Gasteiger partial charge is 0.382 e. The summed E-state index contributed by atoms with van der Waals surface area (Å²) in [5.41, 5.74) is 9.01. The lowest BCUT2D eigenvalue weighted by Crippen LogP contribution is -2.14. The summed E-state index contributed by atoms with van der Waals surface area (Å²) in [7, 11) is 0. The van der Waals surface area contributed by atoms with Gasteiger partial charge in [-0.1, -0.05) is 0 Å². The maximum Gasteiger partial charge on any atom is 0.148 e. The van der Waals surface area contributed by atoms with Gasteiger partial charge in [-0.2, -0.15) is 5.10 Å². The van der Waals surface area contributed by atoms with Gasteiger partial charge in [0.15, 0.2) is 0 Å². The number of aromatic amines is 1. The molecular weight excluding hydrogens is 186 g/mol. The van der Waals surface area contributed by atoms with Crippen molar-refractivity contribution in [2.45, 2.75) is 51.4 Å². The van der Waals surface area contributed by atoms with Crippen LogP contribution in [0.3, 0.4) is 0 Å². The molecule has 15 heavy (non-hydrogen) atoms. The van der Waals surface area contributed by atoms with E-state index in [0.717, 1.165) is 5.41 Å². The average molecular weight is 205 g/mol. The van der Waals surface area contributed by atoms with E-state index < -0.39 is 0 Å². The summed E-state index contributed by atoms with van der Waals surface area (Å²) in [6, 6.07) is 0. The Morgan fingerprint density at radius 3 is 2.40 bits per heavy atom. The van der Waals surface area contributed by atoms with E-state index in [0.29, 0.717) is 11.7 Å². The number of rotatable bonds is 1. The molecule has 2 fully saturated rings. The Balaban J connectivity index is 1.75. The molecule has 3 heteroatoms. The molecule has 0 amide bonds. The SMILES string of the molecule is Cc1c(N)n[nH]c1C1CCC2(CC1)CC2.